The molecule has 0 saturated heterocycles. The smallest absolute Gasteiger partial charge is 0.233 e. The number of aromatic nitrogens is 4. The predicted octanol–water partition coefficient (Wildman–Crippen LogP) is 5.39. The number of thioether (sulfide) groups is 1. The van der Waals surface area contributed by atoms with Crippen LogP contribution in [0.5, 0.6) is 0 Å². The van der Waals surface area contributed by atoms with E-state index in [1.54, 1.807) is 41.2 Å². The van der Waals surface area contributed by atoms with Gasteiger partial charge >= 0.3 is 0 Å². The molecular formula is C26H26FN5OS. The van der Waals surface area contributed by atoms with Crippen LogP contribution in [0, 0.1) is 5.82 Å². The summed E-state index contributed by atoms with van der Waals surface area (Å²) in [6.45, 7) is 6.55. The second kappa shape index (κ2) is 10.2. The SMILES string of the molecule is CC(C)(C)N(Cc1ccccc1)C(=O)CSc1nnc(-c2cccnc2)n1-c1ccccc1F. The second-order valence-electron chi connectivity index (χ2n) is 8.76. The van der Waals surface area contributed by atoms with E-state index in [1.807, 2.05) is 62.1 Å². The number of nitrogens with zero attached hydrogens (tertiary/aromatic N) is 5. The molecule has 0 spiro atoms. The van der Waals surface area contributed by atoms with Gasteiger partial charge in [0, 0.05) is 30.0 Å². The lowest BCUT2D eigenvalue weighted by atomic mass is 10.0. The minimum atomic E-state index is -0.402. The van der Waals surface area contributed by atoms with E-state index >= 15 is 0 Å². The van der Waals surface area contributed by atoms with E-state index in [0.717, 1.165) is 5.56 Å². The van der Waals surface area contributed by atoms with Gasteiger partial charge in [0.1, 0.15) is 5.82 Å². The number of benzene rings is 2. The van der Waals surface area contributed by atoms with Crippen LogP contribution in [-0.4, -0.2) is 41.8 Å². The van der Waals surface area contributed by atoms with Gasteiger partial charge in [-0.05, 0) is 50.6 Å². The Morgan fingerprint density at radius 3 is 2.41 bits per heavy atom. The van der Waals surface area contributed by atoms with Crippen LogP contribution in [0.4, 0.5) is 4.39 Å². The van der Waals surface area contributed by atoms with Crippen LogP contribution in [0.1, 0.15) is 26.3 Å². The molecule has 6 nitrogen and oxygen atoms in total. The van der Waals surface area contributed by atoms with Crippen molar-refractivity contribution in [2.75, 3.05) is 5.75 Å². The van der Waals surface area contributed by atoms with Crippen molar-refractivity contribution < 1.29 is 9.18 Å². The average molecular weight is 476 g/mol. The highest BCUT2D eigenvalue weighted by Gasteiger charge is 2.27. The summed E-state index contributed by atoms with van der Waals surface area (Å²) in [6, 6.07) is 20.0. The maximum atomic E-state index is 14.8. The molecule has 34 heavy (non-hydrogen) atoms. The molecule has 4 aromatic rings. The summed E-state index contributed by atoms with van der Waals surface area (Å²) in [4.78, 5) is 19.3. The molecule has 0 radical (unpaired) electrons. The highest BCUT2D eigenvalue weighted by molar-refractivity contribution is 7.99. The maximum Gasteiger partial charge on any atom is 0.233 e. The monoisotopic (exact) mass is 475 g/mol. The van der Waals surface area contributed by atoms with Gasteiger partial charge in [-0.2, -0.15) is 0 Å². The summed E-state index contributed by atoms with van der Waals surface area (Å²) in [5.41, 5.74) is 1.72. The molecule has 174 valence electrons. The predicted molar refractivity (Wildman–Crippen MR) is 132 cm³/mol. The lowest BCUT2D eigenvalue weighted by Crippen LogP contribution is -2.45. The Labute approximate surface area is 202 Å². The van der Waals surface area contributed by atoms with Crippen LogP contribution in [-0.2, 0) is 11.3 Å². The van der Waals surface area contributed by atoms with Crippen LogP contribution in [0.3, 0.4) is 0 Å². The van der Waals surface area contributed by atoms with Crippen LogP contribution < -0.4 is 0 Å². The molecule has 0 saturated carbocycles. The summed E-state index contributed by atoms with van der Waals surface area (Å²) in [7, 11) is 0. The third-order valence-electron chi connectivity index (χ3n) is 5.27. The van der Waals surface area contributed by atoms with E-state index in [-0.39, 0.29) is 17.2 Å². The fourth-order valence-electron chi connectivity index (χ4n) is 3.57. The van der Waals surface area contributed by atoms with Gasteiger partial charge in [0.2, 0.25) is 5.91 Å². The molecule has 2 heterocycles. The Morgan fingerprint density at radius 1 is 1.00 bits per heavy atom. The van der Waals surface area contributed by atoms with Gasteiger partial charge in [-0.3, -0.25) is 14.3 Å². The van der Waals surface area contributed by atoms with Gasteiger partial charge in [0.05, 0.1) is 11.4 Å². The Hall–Kier alpha value is -3.52. The van der Waals surface area contributed by atoms with Crippen LogP contribution in [0.25, 0.3) is 17.1 Å². The average Bonchev–Trinajstić information content (AvgIpc) is 3.25. The van der Waals surface area contributed by atoms with Crippen molar-refractivity contribution in [2.45, 2.75) is 38.0 Å². The number of amides is 1. The van der Waals surface area contributed by atoms with Gasteiger partial charge in [0.15, 0.2) is 11.0 Å². The summed E-state index contributed by atoms with van der Waals surface area (Å²) in [5, 5.41) is 9.04. The molecule has 0 bridgehead atoms. The standard InChI is InChI=1S/C26H26FN5OS/c1-26(2,3)31(17-19-10-5-4-6-11-19)23(33)18-34-25-30-29-24(20-12-9-15-28-16-20)32(25)22-14-8-7-13-21(22)27/h4-16H,17-18H2,1-3H3. The number of para-hydroxylation sites is 1. The van der Waals surface area contributed by atoms with Gasteiger partial charge < -0.3 is 4.90 Å². The lowest BCUT2D eigenvalue weighted by Gasteiger charge is -2.36. The quantitative estimate of drug-likeness (QED) is 0.336. The molecular weight excluding hydrogens is 449 g/mol. The molecule has 2 aromatic carbocycles. The normalized spacial score (nSPS) is 11.4. The maximum absolute atomic E-state index is 14.8. The molecule has 0 unspecified atom stereocenters. The lowest BCUT2D eigenvalue weighted by molar-refractivity contribution is -0.133. The zero-order valence-electron chi connectivity index (χ0n) is 19.4. The van der Waals surface area contributed by atoms with Crippen molar-refractivity contribution >= 4 is 17.7 Å². The molecule has 0 atom stereocenters. The van der Waals surface area contributed by atoms with E-state index in [9.17, 15) is 9.18 Å². The van der Waals surface area contributed by atoms with Gasteiger partial charge in [-0.15, -0.1) is 10.2 Å². The van der Waals surface area contributed by atoms with E-state index < -0.39 is 5.82 Å². The van der Waals surface area contributed by atoms with E-state index in [2.05, 4.69) is 15.2 Å². The van der Waals surface area contributed by atoms with Gasteiger partial charge in [-0.25, -0.2) is 4.39 Å². The highest BCUT2D eigenvalue weighted by atomic mass is 32.2. The fourth-order valence-corrected chi connectivity index (χ4v) is 4.39. The molecule has 2 aromatic heterocycles. The number of pyridine rings is 1. The van der Waals surface area contributed by atoms with Crippen molar-refractivity contribution in [2.24, 2.45) is 0 Å². The van der Waals surface area contributed by atoms with Crippen molar-refractivity contribution in [3.8, 4) is 17.1 Å². The number of rotatable bonds is 7. The van der Waals surface area contributed by atoms with Crippen LogP contribution in [0.15, 0.2) is 84.3 Å². The molecule has 0 N–H and O–H groups in total. The molecule has 0 aliphatic carbocycles. The first-order chi connectivity index (χ1) is 16.3. The first kappa shape index (κ1) is 23.6. The molecule has 8 heteroatoms. The van der Waals surface area contributed by atoms with Crippen molar-refractivity contribution in [1.29, 1.82) is 0 Å². The number of carbonyl (C=O) groups excluding carboxylic acids is 1. The zero-order chi connectivity index (χ0) is 24.1. The van der Waals surface area contributed by atoms with Crippen molar-refractivity contribution in [3.05, 3.63) is 90.5 Å². The third kappa shape index (κ3) is 5.34. The van der Waals surface area contributed by atoms with Crippen LogP contribution in [0.2, 0.25) is 0 Å². The number of carbonyl (C=O) groups is 1. The minimum absolute atomic E-state index is 0.0348. The van der Waals surface area contributed by atoms with Crippen LogP contribution >= 0.6 is 11.8 Å². The first-order valence-electron chi connectivity index (χ1n) is 10.9. The second-order valence-corrected chi connectivity index (χ2v) is 9.70. The number of hydrogen-bond donors (Lipinski definition) is 0. The Kier molecular flexibility index (Phi) is 7.07. The highest BCUT2D eigenvalue weighted by Crippen LogP contribution is 2.29. The van der Waals surface area contributed by atoms with Crippen molar-refractivity contribution in [1.82, 2.24) is 24.6 Å². The summed E-state index contributed by atoms with van der Waals surface area (Å²) >= 11 is 1.24. The minimum Gasteiger partial charge on any atom is -0.333 e. The zero-order valence-corrected chi connectivity index (χ0v) is 20.2. The summed E-state index contributed by atoms with van der Waals surface area (Å²) < 4.78 is 16.4. The third-order valence-corrected chi connectivity index (χ3v) is 6.18. The van der Waals surface area contributed by atoms with E-state index in [0.29, 0.717) is 28.8 Å². The number of halogens is 1. The topological polar surface area (TPSA) is 63.9 Å². The fraction of sp³-hybridized carbons (Fsp3) is 0.231. The molecule has 0 aliphatic heterocycles. The summed E-state index contributed by atoms with van der Waals surface area (Å²) in [5.74, 6) is 0.169. The Morgan fingerprint density at radius 2 is 1.74 bits per heavy atom. The molecule has 0 aliphatic rings. The number of hydrogen-bond acceptors (Lipinski definition) is 5. The van der Waals surface area contributed by atoms with E-state index in [1.165, 1.54) is 17.8 Å². The molecule has 0 fully saturated rings. The van der Waals surface area contributed by atoms with Gasteiger partial charge in [-0.1, -0.05) is 54.2 Å². The molecule has 4 rings (SSSR count). The molecule has 1 amide bonds. The largest absolute Gasteiger partial charge is 0.333 e. The Bertz CT molecular complexity index is 1260. The Balaban J connectivity index is 1.63. The first-order valence-corrected chi connectivity index (χ1v) is 11.9. The summed E-state index contributed by atoms with van der Waals surface area (Å²) in [6.07, 6.45) is 3.32. The van der Waals surface area contributed by atoms with Crippen molar-refractivity contribution in [3.63, 3.8) is 0 Å². The van der Waals surface area contributed by atoms with E-state index in [4.69, 9.17) is 0 Å². The van der Waals surface area contributed by atoms with Gasteiger partial charge in [0.25, 0.3) is 0 Å².